The third kappa shape index (κ3) is 3.48. The molecule has 1 aliphatic heterocycles. The lowest BCUT2D eigenvalue weighted by Crippen LogP contribution is -2.43. The standard InChI is InChI=1S/C14H19FN2O3S/c1-16(2)21(19,20)17-9-3-4-13(17)10-14(18)11-5-7-12(15)8-6-11/h5-8,13H,3-4,9-10H2,1-2H3. The minimum atomic E-state index is -3.51. The Bertz CT molecular complexity index is 614. The summed E-state index contributed by atoms with van der Waals surface area (Å²) in [5, 5.41) is 0. The number of ketones is 1. The topological polar surface area (TPSA) is 57.7 Å². The van der Waals surface area contributed by atoms with Crippen molar-refractivity contribution in [1.82, 2.24) is 8.61 Å². The van der Waals surface area contributed by atoms with Gasteiger partial charge in [0.15, 0.2) is 5.78 Å². The van der Waals surface area contributed by atoms with E-state index in [4.69, 9.17) is 0 Å². The molecule has 0 N–H and O–H groups in total. The smallest absolute Gasteiger partial charge is 0.281 e. The van der Waals surface area contributed by atoms with E-state index in [0.29, 0.717) is 18.5 Å². The molecule has 0 radical (unpaired) electrons. The fourth-order valence-electron chi connectivity index (χ4n) is 2.49. The molecule has 0 saturated carbocycles. The lowest BCUT2D eigenvalue weighted by atomic mass is 10.0. The second-order valence-corrected chi connectivity index (χ2v) is 7.43. The number of rotatable bonds is 5. The number of carbonyl (C=O) groups excluding carboxylic acids is 1. The molecular weight excluding hydrogens is 295 g/mol. The zero-order valence-corrected chi connectivity index (χ0v) is 12.9. The Kier molecular flexibility index (Phi) is 4.75. The Hall–Kier alpha value is -1.31. The third-order valence-electron chi connectivity index (χ3n) is 3.67. The van der Waals surface area contributed by atoms with Crippen LogP contribution in [0.5, 0.6) is 0 Å². The molecule has 5 nitrogen and oxygen atoms in total. The van der Waals surface area contributed by atoms with Crippen LogP contribution in [-0.2, 0) is 10.2 Å². The predicted octanol–water partition coefficient (Wildman–Crippen LogP) is 1.67. The summed E-state index contributed by atoms with van der Waals surface area (Å²) in [6.45, 7) is 0.432. The average molecular weight is 314 g/mol. The summed E-state index contributed by atoms with van der Waals surface area (Å²) in [5.74, 6) is -0.565. The molecule has 1 aromatic carbocycles. The fourth-order valence-corrected chi connectivity index (χ4v) is 3.83. The quantitative estimate of drug-likeness (QED) is 0.777. The second-order valence-electron chi connectivity index (χ2n) is 5.33. The molecule has 116 valence electrons. The lowest BCUT2D eigenvalue weighted by Gasteiger charge is -2.26. The first-order chi connectivity index (χ1) is 9.82. The van der Waals surface area contributed by atoms with Gasteiger partial charge in [0.25, 0.3) is 10.2 Å². The Morgan fingerprint density at radius 1 is 1.33 bits per heavy atom. The van der Waals surface area contributed by atoms with Gasteiger partial charge in [-0.3, -0.25) is 4.79 Å². The first-order valence-electron chi connectivity index (χ1n) is 6.80. The van der Waals surface area contributed by atoms with E-state index >= 15 is 0 Å². The van der Waals surface area contributed by atoms with E-state index in [9.17, 15) is 17.6 Å². The molecule has 1 aromatic rings. The minimum Gasteiger partial charge on any atom is -0.294 e. The summed E-state index contributed by atoms with van der Waals surface area (Å²) in [4.78, 5) is 12.2. The Labute approximate surface area is 124 Å². The van der Waals surface area contributed by atoms with E-state index in [0.717, 1.165) is 10.7 Å². The van der Waals surface area contributed by atoms with Gasteiger partial charge in [-0.05, 0) is 37.1 Å². The molecule has 0 spiro atoms. The maximum absolute atomic E-state index is 12.9. The summed E-state index contributed by atoms with van der Waals surface area (Å²) in [5.41, 5.74) is 0.408. The summed E-state index contributed by atoms with van der Waals surface area (Å²) >= 11 is 0. The lowest BCUT2D eigenvalue weighted by molar-refractivity contribution is 0.0960. The van der Waals surface area contributed by atoms with Gasteiger partial charge >= 0.3 is 0 Å². The summed E-state index contributed by atoms with van der Waals surface area (Å²) < 4.78 is 39.8. The van der Waals surface area contributed by atoms with Crippen LogP contribution in [0, 0.1) is 5.82 Å². The molecule has 0 amide bonds. The zero-order valence-electron chi connectivity index (χ0n) is 12.1. The van der Waals surface area contributed by atoms with E-state index in [1.807, 2.05) is 0 Å². The van der Waals surface area contributed by atoms with Gasteiger partial charge in [0, 0.05) is 38.7 Å². The highest BCUT2D eigenvalue weighted by atomic mass is 32.2. The zero-order chi connectivity index (χ0) is 15.6. The van der Waals surface area contributed by atoms with Crippen molar-refractivity contribution < 1.29 is 17.6 Å². The van der Waals surface area contributed by atoms with Crippen LogP contribution in [0.2, 0.25) is 0 Å². The van der Waals surface area contributed by atoms with Crippen molar-refractivity contribution in [2.24, 2.45) is 0 Å². The van der Waals surface area contributed by atoms with Crippen LogP contribution < -0.4 is 0 Å². The van der Waals surface area contributed by atoms with E-state index in [2.05, 4.69) is 0 Å². The van der Waals surface area contributed by atoms with Gasteiger partial charge in [0.2, 0.25) is 0 Å². The maximum Gasteiger partial charge on any atom is 0.281 e. The monoisotopic (exact) mass is 314 g/mol. The molecule has 0 aliphatic carbocycles. The van der Waals surface area contributed by atoms with Gasteiger partial charge in [-0.25, -0.2) is 4.39 Å². The number of halogens is 1. The number of nitrogens with zero attached hydrogens (tertiary/aromatic N) is 2. The number of carbonyl (C=O) groups is 1. The normalized spacial score (nSPS) is 20.1. The fraction of sp³-hybridized carbons (Fsp3) is 0.500. The van der Waals surface area contributed by atoms with Crippen molar-refractivity contribution in [3.05, 3.63) is 35.6 Å². The van der Waals surface area contributed by atoms with Crippen molar-refractivity contribution in [3.63, 3.8) is 0 Å². The second kappa shape index (κ2) is 6.21. The van der Waals surface area contributed by atoms with Crippen molar-refractivity contribution in [1.29, 1.82) is 0 Å². The van der Waals surface area contributed by atoms with E-state index < -0.39 is 16.0 Å². The number of Topliss-reactive ketones (excluding diaryl/α,β-unsaturated/α-hetero) is 1. The van der Waals surface area contributed by atoms with Crippen LogP contribution in [0.1, 0.15) is 29.6 Å². The molecule has 7 heteroatoms. The highest BCUT2D eigenvalue weighted by Gasteiger charge is 2.36. The largest absolute Gasteiger partial charge is 0.294 e. The van der Waals surface area contributed by atoms with Gasteiger partial charge in [0.1, 0.15) is 5.82 Å². The van der Waals surface area contributed by atoms with Crippen LogP contribution in [0.25, 0.3) is 0 Å². The molecule has 1 saturated heterocycles. The SMILES string of the molecule is CN(C)S(=O)(=O)N1CCCC1CC(=O)c1ccc(F)cc1. The molecule has 1 unspecified atom stereocenters. The van der Waals surface area contributed by atoms with Gasteiger partial charge in [-0.2, -0.15) is 17.0 Å². The van der Waals surface area contributed by atoms with Crippen LogP contribution in [0.3, 0.4) is 0 Å². The Morgan fingerprint density at radius 3 is 2.52 bits per heavy atom. The van der Waals surface area contributed by atoms with Crippen molar-refractivity contribution in [3.8, 4) is 0 Å². The molecule has 21 heavy (non-hydrogen) atoms. The first kappa shape index (κ1) is 16.1. The molecule has 1 heterocycles. The van der Waals surface area contributed by atoms with E-state index in [1.54, 1.807) is 0 Å². The molecule has 1 fully saturated rings. The number of hydrogen-bond donors (Lipinski definition) is 0. The first-order valence-corrected chi connectivity index (χ1v) is 8.20. The molecule has 0 aromatic heterocycles. The maximum atomic E-state index is 12.9. The van der Waals surface area contributed by atoms with Crippen LogP contribution in [0.15, 0.2) is 24.3 Å². The summed E-state index contributed by atoms with van der Waals surface area (Å²) in [6.07, 6.45) is 1.53. The average Bonchev–Trinajstić information content (AvgIpc) is 2.88. The molecular formula is C14H19FN2O3S. The van der Waals surface area contributed by atoms with Crippen molar-refractivity contribution in [2.75, 3.05) is 20.6 Å². The van der Waals surface area contributed by atoms with Gasteiger partial charge < -0.3 is 0 Å². The van der Waals surface area contributed by atoms with Gasteiger partial charge in [-0.1, -0.05) is 0 Å². The Morgan fingerprint density at radius 2 is 1.95 bits per heavy atom. The van der Waals surface area contributed by atoms with Crippen LogP contribution in [0.4, 0.5) is 4.39 Å². The van der Waals surface area contributed by atoms with Crippen molar-refractivity contribution >= 4 is 16.0 Å². The Balaban J connectivity index is 2.11. The van der Waals surface area contributed by atoms with E-state index in [-0.39, 0.29) is 18.2 Å². The summed E-state index contributed by atoms with van der Waals surface area (Å²) in [6, 6.07) is 5.00. The van der Waals surface area contributed by atoms with Gasteiger partial charge in [0.05, 0.1) is 0 Å². The number of hydrogen-bond acceptors (Lipinski definition) is 3. The van der Waals surface area contributed by atoms with Gasteiger partial charge in [-0.15, -0.1) is 0 Å². The van der Waals surface area contributed by atoms with E-state index in [1.165, 1.54) is 42.7 Å². The molecule has 2 rings (SSSR count). The van der Waals surface area contributed by atoms with Crippen LogP contribution >= 0.6 is 0 Å². The minimum absolute atomic E-state index is 0.124. The molecule has 1 aliphatic rings. The molecule has 1 atom stereocenters. The molecule has 0 bridgehead atoms. The highest BCUT2D eigenvalue weighted by molar-refractivity contribution is 7.86. The van der Waals surface area contributed by atoms with Crippen LogP contribution in [-0.4, -0.2) is 49.5 Å². The third-order valence-corrected chi connectivity index (χ3v) is 5.66. The van der Waals surface area contributed by atoms with Crippen molar-refractivity contribution in [2.45, 2.75) is 25.3 Å². The predicted molar refractivity (Wildman–Crippen MR) is 77.7 cm³/mol. The number of benzene rings is 1. The summed E-state index contributed by atoms with van der Waals surface area (Å²) in [7, 11) is -0.549. The highest BCUT2D eigenvalue weighted by Crippen LogP contribution is 2.25.